The minimum Gasteiger partial charge on any atom is -0.395 e. The van der Waals surface area contributed by atoms with Gasteiger partial charge in [-0.3, -0.25) is 19.3 Å². The first-order chi connectivity index (χ1) is 22.3. The van der Waals surface area contributed by atoms with Crippen molar-refractivity contribution in [2.45, 2.75) is 94.8 Å². The number of benzene rings is 1. The predicted molar refractivity (Wildman–Crippen MR) is 175 cm³/mol. The van der Waals surface area contributed by atoms with E-state index in [0.29, 0.717) is 30.7 Å². The van der Waals surface area contributed by atoms with Crippen LogP contribution >= 0.6 is 11.6 Å². The van der Waals surface area contributed by atoms with E-state index >= 15 is 0 Å². The summed E-state index contributed by atoms with van der Waals surface area (Å²) in [6.45, 7) is 7.03. The van der Waals surface area contributed by atoms with Gasteiger partial charge in [0.05, 0.1) is 24.0 Å². The average molecular weight is 678 g/mol. The maximum absolute atomic E-state index is 14.8. The Morgan fingerprint density at radius 2 is 1.57 bits per heavy atom. The lowest BCUT2D eigenvalue weighted by molar-refractivity contribution is -0.151. The van der Waals surface area contributed by atoms with Crippen LogP contribution in [0.4, 0.5) is 8.78 Å². The first kappa shape index (κ1) is 34.5. The summed E-state index contributed by atoms with van der Waals surface area (Å²) in [5.74, 6) is -3.73. The second-order valence-electron chi connectivity index (χ2n) is 15.3. The van der Waals surface area contributed by atoms with E-state index in [1.165, 1.54) is 0 Å². The topological polar surface area (TPSA) is 87.6 Å². The molecule has 6 rings (SSSR count). The lowest BCUT2D eigenvalue weighted by atomic mass is 9.86. The number of hydrogen-bond acceptors (Lipinski definition) is 6. The van der Waals surface area contributed by atoms with Crippen LogP contribution in [-0.2, 0) is 14.4 Å². The van der Waals surface area contributed by atoms with Gasteiger partial charge in [-0.15, -0.1) is 0 Å². The zero-order valence-electron chi connectivity index (χ0n) is 27.9. The summed E-state index contributed by atoms with van der Waals surface area (Å²) < 4.78 is 28.6. The molecule has 4 atom stereocenters. The first-order valence-electron chi connectivity index (χ1n) is 17.4. The molecule has 1 unspecified atom stereocenters. The molecule has 2 saturated carbocycles. The summed E-state index contributed by atoms with van der Waals surface area (Å²) in [4.78, 5) is 53.1. The molecule has 2 aliphatic carbocycles. The number of rotatable bonds is 8. The van der Waals surface area contributed by atoms with E-state index in [0.717, 1.165) is 38.0 Å². The zero-order chi connectivity index (χ0) is 33.7. The SMILES string of the molecule is CN1CCN(C(=O)[C@@H]2CC(N(C(=O)C(C)(C)CO)C3CCC(F)(F)CC3)CN2C(=O)[C@@H]2CN(C3CC3)C[C@H]2c2ccc(Cl)cc2)CC1. The summed E-state index contributed by atoms with van der Waals surface area (Å²) in [5.41, 5.74) is -0.0946. The fourth-order valence-corrected chi connectivity index (χ4v) is 8.29. The lowest BCUT2D eigenvalue weighted by Crippen LogP contribution is -2.55. The van der Waals surface area contributed by atoms with Crippen LogP contribution in [0.1, 0.15) is 70.3 Å². The molecule has 47 heavy (non-hydrogen) atoms. The molecule has 1 aromatic carbocycles. The molecule has 3 aliphatic heterocycles. The Bertz CT molecular complexity index is 1310. The second-order valence-corrected chi connectivity index (χ2v) is 15.8. The minimum atomic E-state index is -2.78. The minimum absolute atomic E-state index is 0.0644. The third-order valence-electron chi connectivity index (χ3n) is 11.4. The maximum Gasteiger partial charge on any atom is 0.248 e. The molecule has 0 aromatic heterocycles. The van der Waals surface area contributed by atoms with Crippen molar-refractivity contribution >= 4 is 29.3 Å². The molecule has 3 saturated heterocycles. The third-order valence-corrected chi connectivity index (χ3v) is 11.6. The average Bonchev–Trinajstić information content (AvgIpc) is 3.66. The summed E-state index contributed by atoms with van der Waals surface area (Å²) >= 11 is 6.22. The van der Waals surface area contributed by atoms with Gasteiger partial charge >= 0.3 is 0 Å². The Kier molecular flexibility index (Phi) is 9.93. The summed E-state index contributed by atoms with van der Waals surface area (Å²) in [6.07, 6.45) is 2.12. The molecule has 9 nitrogen and oxygen atoms in total. The van der Waals surface area contributed by atoms with Gasteiger partial charge in [0, 0.05) is 81.7 Å². The van der Waals surface area contributed by atoms with Crippen molar-refractivity contribution in [3.05, 3.63) is 34.9 Å². The van der Waals surface area contributed by atoms with E-state index < -0.39 is 36.1 Å². The number of likely N-dealkylation sites (N-methyl/N-ethyl adjacent to an activating group) is 1. The number of aliphatic hydroxyl groups excluding tert-OH is 1. The van der Waals surface area contributed by atoms with Crippen molar-refractivity contribution in [3.8, 4) is 0 Å². The van der Waals surface area contributed by atoms with Crippen molar-refractivity contribution in [2.24, 2.45) is 11.3 Å². The molecule has 5 aliphatic rings. The van der Waals surface area contributed by atoms with E-state index in [2.05, 4.69) is 9.80 Å². The molecule has 0 spiro atoms. The van der Waals surface area contributed by atoms with Crippen molar-refractivity contribution in [1.29, 1.82) is 0 Å². The fraction of sp³-hybridized carbons (Fsp3) is 0.743. The summed E-state index contributed by atoms with van der Waals surface area (Å²) in [6, 6.07) is 6.41. The number of nitrogens with zero attached hydrogens (tertiary/aromatic N) is 5. The Labute approximate surface area is 282 Å². The molecule has 3 heterocycles. The highest BCUT2D eigenvalue weighted by Gasteiger charge is 2.52. The number of carbonyl (C=O) groups excluding carboxylic acids is 3. The van der Waals surface area contributed by atoms with Crippen LogP contribution in [-0.4, -0.2) is 137 Å². The Morgan fingerprint density at radius 3 is 2.17 bits per heavy atom. The highest BCUT2D eigenvalue weighted by molar-refractivity contribution is 6.30. The molecule has 0 radical (unpaired) electrons. The monoisotopic (exact) mass is 677 g/mol. The molecule has 3 amide bonds. The second kappa shape index (κ2) is 13.5. The molecular formula is C35H50ClF2N5O4. The van der Waals surface area contributed by atoms with Crippen LogP contribution in [0, 0.1) is 11.3 Å². The van der Waals surface area contributed by atoms with Crippen LogP contribution in [0.2, 0.25) is 5.02 Å². The summed E-state index contributed by atoms with van der Waals surface area (Å²) in [7, 11) is 2.02. The van der Waals surface area contributed by atoms with Gasteiger partial charge in [0.25, 0.3) is 0 Å². The largest absolute Gasteiger partial charge is 0.395 e. The van der Waals surface area contributed by atoms with Gasteiger partial charge in [0.15, 0.2) is 0 Å². The van der Waals surface area contributed by atoms with Gasteiger partial charge in [0.2, 0.25) is 23.6 Å². The lowest BCUT2D eigenvalue weighted by Gasteiger charge is -2.43. The maximum atomic E-state index is 14.8. The predicted octanol–water partition coefficient (Wildman–Crippen LogP) is 3.69. The number of aliphatic hydroxyl groups is 1. The molecule has 1 N–H and O–H groups in total. The number of halogens is 3. The van der Waals surface area contributed by atoms with Crippen molar-refractivity contribution in [2.75, 3.05) is 59.5 Å². The van der Waals surface area contributed by atoms with E-state index in [1.807, 2.05) is 36.2 Å². The zero-order valence-corrected chi connectivity index (χ0v) is 28.7. The molecule has 5 fully saturated rings. The Balaban J connectivity index is 1.32. The number of alkyl halides is 2. The van der Waals surface area contributed by atoms with Gasteiger partial charge in [-0.1, -0.05) is 23.7 Å². The first-order valence-corrected chi connectivity index (χ1v) is 17.7. The van der Waals surface area contributed by atoms with Gasteiger partial charge in [-0.05, 0) is 70.7 Å². The number of amides is 3. The van der Waals surface area contributed by atoms with Crippen molar-refractivity contribution in [1.82, 2.24) is 24.5 Å². The van der Waals surface area contributed by atoms with Crippen LogP contribution < -0.4 is 0 Å². The van der Waals surface area contributed by atoms with Crippen LogP contribution in [0.5, 0.6) is 0 Å². The molecule has 12 heteroatoms. The van der Waals surface area contributed by atoms with Crippen molar-refractivity contribution < 1.29 is 28.3 Å². The molecule has 1 aromatic rings. The van der Waals surface area contributed by atoms with Gasteiger partial charge < -0.3 is 24.7 Å². The fourth-order valence-electron chi connectivity index (χ4n) is 8.16. The third kappa shape index (κ3) is 7.33. The number of hydrogen-bond donors (Lipinski definition) is 1. The highest BCUT2D eigenvalue weighted by atomic mass is 35.5. The molecule has 260 valence electrons. The van der Waals surface area contributed by atoms with E-state index in [1.54, 1.807) is 23.6 Å². The standard InChI is InChI=1S/C35H50ClF2N5O4/c1-34(2,22-44)33(47)43(26-10-12-35(37,38)13-11-26)27-18-30(32(46)40-16-14-39(3)15-17-40)42(19-27)31(45)29-21-41(25-8-9-25)20-28(29)23-4-6-24(36)7-5-23/h4-7,25-30,44H,8-22H2,1-3H3/t27?,28-,29+,30-/m0/s1. The van der Waals surface area contributed by atoms with E-state index in [9.17, 15) is 28.3 Å². The van der Waals surface area contributed by atoms with Gasteiger partial charge in [0.1, 0.15) is 6.04 Å². The van der Waals surface area contributed by atoms with E-state index in [-0.39, 0.29) is 68.2 Å². The van der Waals surface area contributed by atoms with E-state index in [4.69, 9.17) is 11.6 Å². The van der Waals surface area contributed by atoms with Gasteiger partial charge in [-0.25, -0.2) is 8.78 Å². The number of carbonyl (C=O) groups is 3. The normalized spacial score (nSPS) is 29.3. The molecular weight excluding hydrogens is 628 g/mol. The van der Waals surface area contributed by atoms with Crippen LogP contribution in [0.25, 0.3) is 0 Å². The van der Waals surface area contributed by atoms with Gasteiger partial charge in [-0.2, -0.15) is 0 Å². The number of likely N-dealkylation sites (tertiary alicyclic amines) is 2. The Hall–Kier alpha value is -2.34. The van der Waals surface area contributed by atoms with Crippen LogP contribution in [0.3, 0.4) is 0 Å². The smallest absolute Gasteiger partial charge is 0.248 e. The quantitative estimate of drug-likeness (QED) is 0.452. The number of piperazine rings is 1. The van der Waals surface area contributed by atoms with Crippen LogP contribution in [0.15, 0.2) is 24.3 Å². The molecule has 0 bridgehead atoms. The van der Waals surface area contributed by atoms with Crippen molar-refractivity contribution in [3.63, 3.8) is 0 Å². The highest BCUT2D eigenvalue weighted by Crippen LogP contribution is 2.43. The summed E-state index contributed by atoms with van der Waals surface area (Å²) in [5, 5.41) is 10.8. The Morgan fingerprint density at radius 1 is 0.936 bits per heavy atom.